The molecule has 1 aromatic carbocycles. The molecule has 0 aliphatic carbocycles. The van der Waals surface area contributed by atoms with Crippen LogP contribution in [0.5, 0.6) is 5.75 Å². The Balaban J connectivity index is 2.57. The van der Waals surface area contributed by atoms with Crippen LogP contribution >= 0.6 is 0 Å². The van der Waals surface area contributed by atoms with Gasteiger partial charge in [0.2, 0.25) is 5.91 Å². The number of hydrogen-bond donors (Lipinski definition) is 1. The summed E-state index contributed by atoms with van der Waals surface area (Å²) in [6.07, 6.45) is 0. The van der Waals surface area contributed by atoms with E-state index in [1.54, 1.807) is 0 Å². The second-order valence-electron chi connectivity index (χ2n) is 4.95. The second-order valence-corrected chi connectivity index (χ2v) is 4.95. The molecule has 18 heavy (non-hydrogen) atoms. The number of benzene rings is 1. The SMILES string of the molecule is CC(=O)NCC#Cc1ccc(OC(C)(C)C)cc1. The average Bonchev–Trinajstić information content (AvgIpc) is 2.24. The molecule has 0 aromatic heterocycles. The molecule has 0 aliphatic heterocycles. The molecule has 0 bridgehead atoms. The predicted molar refractivity (Wildman–Crippen MR) is 72.4 cm³/mol. The van der Waals surface area contributed by atoms with E-state index in [1.807, 2.05) is 45.0 Å². The first-order valence-corrected chi connectivity index (χ1v) is 5.89. The highest BCUT2D eigenvalue weighted by Gasteiger charge is 2.10. The van der Waals surface area contributed by atoms with Gasteiger partial charge in [0, 0.05) is 12.5 Å². The molecule has 0 fully saturated rings. The van der Waals surface area contributed by atoms with Crippen LogP contribution in [0, 0.1) is 11.8 Å². The third-order valence-electron chi connectivity index (χ3n) is 1.94. The Hall–Kier alpha value is -1.95. The Bertz CT molecular complexity index is 458. The summed E-state index contributed by atoms with van der Waals surface area (Å²) in [4.78, 5) is 10.6. The summed E-state index contributed by atoms with van der Waals surface area (Å²) in [7, 11) is 0. The van der Waals surface area contributed by atoms with E-state index >= 15 is 0 Å². The van der Waals surface area contributed by atoms with Gasteiger partial charge in [-0.3, -0.25) is 4.79 Å². The van der Waals surface area contributed by atoms with Crippen LogP contribution in [-0.4, -0.2) is 18.1 Å². The molecule has 1 aromatic rings. The lowest BCUT2D eigenvalue weighted by Crippen LogP contribution is -2.22. The van der Waals surface area contributed by atoms with E-state index < -0.39 is 0 Å². The van der Waals surface area contributed by atoms with Gasteiger partial charge in [-0.15, -0.1) is 0 Å². The van der Waals surface area contributed by atoms with Gasteiger partial charge >= 0.3 is 0 Å². The maximum atomic E-state index is 10.6. The van der Waals surface area contributed by atoms with Gasteiger partial charge in [-0.2, -0.15) is 0 Å². The van der Waals surface area contributed by atoms with Crippen molar-refractivity contribution in [1.29, 1.82) is 0 Å². The van der Waals surface area contributed by atoms with E-state index in [4.69, 9.17) is 4.74 Å². The van der Waals surface area contributed by atoms with Gasteiger partial charge in [-0.05, 0) is 45.0 Å². The van der Waals surface area contributed by atoms with E-state index in [0.717, 1.165) is 11.3 Å². The smallest absolute Gasteiger partial charge is 0.217 e. The first-order chi connectivity index (χ1) is 8.37. The highest BCUT2D eigenvalue weighted by molar-refractivity contribution is 5.73. The van der Waals surface area contributed by atoms with E-state index in [-0.39, 0.29) is 11.5 Å². The molecule has 0 atom stereocenters. The summed E-state index contributed by atoms with van der Waals surface area (Å²) < 4.78 is 5.71. The van der Waals surface area contributed by atoms with Crippen LogP contribution in [0.3, 0.4) is 0 Å². The van der Waals surface area contributed by atoms with Crippen molar-refractivity contribution in [2.45, 2.75) is 33.3 Å². The number of carbonyl (C=O) groups is 1. The Labute approximate surface area is 109 Å². The fraction of sp³-hybridized carbons (Fsp3) is 0.400. The molecule has 1 amide bonds. The minimum Gasteiger partial charge on any atom is -0.488 e. The number of hydrogen-bond acceptors (Lipinski definition) is 2. The van der Waals surface area contributed by atoms with Crippen molar-refractivity contribution in [2.24, 2.45) is 0 Å². The third-order valence-corrected chi connectivity index (χ3v) is 1.94. The lowest BCUT2D eigenvalue weighted by atomic mass is 10.2. The van der Waals surface area contributed by atoms with E-state index in [2.05, 4.69) is 17.2 Å². The molecule has 1 N–H and O–H groups in total. The number of nitrogens with one attached hydrogen (secondary N) is 1. The number of carbonyl (C=O) groups excluding carboxylic acids is 1. The molecular weight excluding hydrogens is 226 g/mol. The van der Waals surface area contributed by atoms with Gasteiger partial charge in [-0.1, -0.05) is 11.8 Å². The first kappa shape index (κ1) is 14.1. The molecule has 3 nitrogen and oxygen atoms in total. The summed E-state index contributed by atoms with van der Waals surface area (Å²) >= 11 is 0. The van der Waals surface area contributed by atoms with Crippen LogP contribution < -0.4 is 10.1 Å². The minimum absolute atomic E-state index is 0.0711. The number of ether oxygens (including phenoxy) is 1. The largest absolute Gasteiger partial charge is 0.488 e. The maximum Gasteiger partial charge on any atom is 0.217 e. The molecule has 0 spiro atoms. The molecule has 0 unspecified atom stereocenters. The average molecular weight is 245 g/mol. The molecule has 0 radical (unpaired) electrons. The summed E-state index contributed by atoms with van der Waals surface area (Å²) in [5, 5.41) is 2.62. The Morgan fingerprint density at radius 3 is 2.39 bits per heavy atom. The van der Waals surface area contributed by atoms with Crippen LogP contribution in [0.15, 0.2) is 24.3 Å². The molecule has 96 valence electrons. The zero-order chi connectivity index (χ0) is 13.6. The fourth-order valence-corrected chi connectivity index (χ4v) is 1.27. The van der Waals surface area contributed by atoms with E-state index in [0.29, 0.717) is 6.54 Å². The van der Waals surface area contributed by atoms with Crippen LogP contribution in [-0.2, 0) is 4.79 Å². The highest BCUT2D eigenvalue weighted by atomic mass is 16.5. The van der Waals surface area contributed by atoms with Gasteiger partial charge in [0.1, 0.15) is 11.4 Å². The number of amides is 1. The molecule has 3 heteroatoms. The van der Waals surface area contributed by atoms with E-state index in [1.165, 1.54) is 6.92 Å². The maximum absolute atomic E-state index is 10.6. The van der Waals surface area contributed by atoms with Crippen molar-refractivity contribution in [3.05, 3.63) is 29.8 Å². The van der Waals surface area contributed by atoms with Crippen LogP contribution in [0.4, 0.5) is 0 Å². The summed E-state index contributed by atoms with van der Waals surface area (Å²) in [6.45, 7) is 7.87. The lowest BCUT2D eigenvalue weighted by molar-refractivity contribution is -0.118. The van der Waals surface area contributed by atoms with Crippen LogP contribution in [0.2, 0.25) is 0 Å². The van der Waals surface area contributed by atoms with Gasteiger partial charge in [-0.25, -0.2) is 0 Å². The normalized spacial score (nSPS) is 10.2. The monoisotopic (exact) mass is 245 g/mol. The lowest BCUT2D eigenvalue weighted by Gasteiger charge is -2.21. The fourth-order valence-electron chi connectivity index (χ4n) is 1.27. The van der Waals surface area contributed by atoms with Crippen LogP contribution in [0.25, 0.3) is 0 Å². The van der Waals surface area contributed by atoms with Gasteiger partial charge in [0.05, 0.1) is 6.54 Å². The minimum atomic E-state index is -0.196. The summed E-state index contributed by atoms with van der Waals surface area (Å²) in [5.41, 5.74) is 0.708. The first-order valence-electron chi connectivity index (χ1n) is 5.89. The Kier molecular flexibility index (Phi) is 4.79. The highest BCUT2D eigenvalue weighted by Crippen LogP contribution is 2.17. The Morgan fingerprint density at radius 1 is 1.28 bits per heavy atom. The van der Waals surface area contributed by atoms with Gasteiger partial charge in [0.15, 0.2) is 0 Å². The molecule has 0 saturated heterocycles. The van der Waals surface area contributed by atoms with Crippen molar-refractivity contribution >= 4 is 5.91 Å². The van der Waals surface area contributed by atoms with Crippen molar-refractivity contribution in [3.8, 4) is 17.6 Å². The predicted octanol–water partition coefficient (Wildman–Crippen LogP) is 2.35. The number of rotatable bonds is 2. The standard InChI is InChI=1S/C15H19NO2/c1-12(17)16-11-5-6-13-7-9-14(10-8-13)18-15(2,3)4/h7-10H,11H2,1-4H3,(H,16,17). The summed E-state index contributed by atoms with van der Waals surface area (Å²) in [6, 6.07) is 7.60. The zero-order valence-corrected chi connectivity index (χ0v) is 11.3. The summed E-state index contributed by atoms with van der Waals surface area (Å²) in [5.74, 6) is 6.61. The van der Waals surface area contributed by atoms with Crippen molar-refractivity contribution < 1.29 is 9.53 Å². The van der Waals surface area contributed by atoms with Crippen molar-refractivity contribution in [2.75, 3.05) is 6.54 Å². The quantitative estimate of drug-likeness (QED) is 0.812. The van der Waals surface area contributed by atoms with Crippen LogP contribution in [0.1, 0.15) is 33.3 Å². The van der Waals surface area contributed by atoms with Gasteiger partial charge < -0.3 is 10.1 Å². The molecule has 1 rings (SSSR count). The second kappa shape index (κ2) is 6.11. The van der Waals surface area contributed by atoms with Crippen molar-refractivity contribution in [1.82, 2.24) is 5.32 Å². The molecular formula is C15H19NO2. The topological polar surface area (TPSA) is 38.3 Å². The Morgan fingerprint density at radius 2 is 1.89 bits per heavy atom. The van der Waals surface area contributed by atoms with Gasteiger partial charge in [0.25, 0.3) is 0 Å². The van der Waals surface area contributed by atoms with E-state index in [9.17, 15) is 4.79 Å². The molecule has 0 aliphatic rings. The zero-order valence-electron chi connectivity index (χ0n) is 11.3. The molecule has 0 saturated carbocycles. The molecule has 0 heterocycles. The van der Waals surface area contributed by atoms with Crippen molar-refractivity contribution in [3.63, 3.8) is 0 Å². The third kappa shape index (κ3) is 5.95.